The number of hydrogen-bond donors (Lipinski definition) is 1. The van der Waals surface area contributed by atoms with Crippen molar-refractivity contribution in [3.05, 3.63) is 71.8 Å². The summed E-state index contributed by atoms with van der Waals surface area (Å²) < 4.78 is 22.7. The number of carbonyl (C=O) groups excluding carboxylic acids is 2. The Morgan fingerprint density at radius 3 is 1.88 bits per heavy atom. The first kappa shape index (κ1) is 27.3. The molecule has 7 nitrogen and oxygen atoms in total. The van der Waals surface area contributed by atoms with Gasteiger partial charge < -0.3 is 24.3 Å². The SMILES string of the molecule is COC(=O)C(C)(C)[C@@H](NC(=O)OC(C)(C)C)[C@@H](COCc1ccccc1)OCc1ccccc1. The van der Waals surface area contributed by atoms with Crippen molar-refractivity contribution in [2.24, 2.45) is 5.41 Å². The summed E-state index contributed by atoms with van der Waals surface area (Å²) in [6.45, 7) is 9.53. The quantitative estimate of drug-likeness (QED) is 0.470. The summed E-state index contributed by atoms with van der Waals surface area (Å²) >= 11 is 0. The zero-order valence-electron chi connectivity index (χ0n) is 21.0. The van der Waals surface area contributed by atoms with Gasteiger partial charge in [0, 0.05) is 0 Å². The van der Waals surface area contributed by atoms with Gasteiger partial charge in [-0.15, -0.1) is 0 Å². The Morgan fingerprint density at radius 1 is 0.853 bits per heavy atom. The molecule has 0 aliphatic carbocycles. The molecule has 2 atom stereocenters. The molecule has 186 valence electrons. The lowest BCUT2D eigenvalue weighted by Gasteiger charge is -2.38. The molecular weight excluding hydrogens is 434 g/mol. The Balaban J connectivity index is 2.27. The van der Waals surface area contributed by atoms with E-state index in [4.69, 9.17) is 18.9 Å². The normalized spacial score (nSPS) is 13.6. The van der Waals surface area contributed by atoms with Gasteiger partial charge in [-0.25, -0.2) is 4.79 Å². The number of ether oxygens (including phenoxy) is 4. The second-order valence-corrected chi connectivity index (χ2v) is 9.67. The highest BCUT2D eigenvalue weighted by Gasteiger charge is 2.44. The van der Waals surface area contributed by atoms with Crippen LogP contribution in [-0.4, -0.2) is 43.5 Å². The molecule has 0 spiro atoms. The van der Waals surface area contributed by atoms with Gasteiger partial charge in [0.15, 0.2) is 0 Å². The van der Waals surface area contributed by atoms with Crippen LogP contribution in [0.5, 0.6) is 0 Å². The molecule has 2 rings (SSSR count). The maximum Gasteiger partial charge on any atom is 0.407 e. The minimum Gasteiger partial charge on any atom is -0.469 e. The van der Waals surface area contributed by atoms with E-state index in [1.54, 1.807) is 34.6 Å². The molecule has 2 aromatic rings. The van der Waals surface area contributed by atoms with Crippen LogP contribution in [0.25, 0.3) is 0 Å². The van der Waals surface area contributed by atoms with Crippen LogP contribution in [0.3, 0.4) is 0 Å². The van der Waals surface area contributed by atoms with Crippen molar-refractivity contribution in [1.29, 1.82) is 0 Å². The second-order valence-electron chi connectivity index (χ2n) is 9.67. The number of esters is 1. The van der Waals surface area contributed by atoms with Crippen molar-refractivity contribution in [2.45, 2.75) is 65.6 Å². The van der Waals surface area contributed by atoms with E-state index in [0.29, 0.717) is 6.61 Å². The van der Waals surface area contributed by atoms with E-state index in [9.17, 15) is 9.59 Å². The first-order chi connectivity index (χ1) is 16.0. The number of amides is 1. The van der Waals surface area contributed by atoms with Crippen LogP contribution in [0.2, 0.25) is 0 Å². The zero-order chi connectivity index (χ0) is 25.2. The number of benzene rings is 2. The van der Waals surface area contributed by atoms with Crippen LogP contribution in [0.1, 0.15) is 45.7 Å². The third-order valence-electron chi connectivity index (χ3n) is 5.23. The summed E-state index contributed by atoms with van der Waals surface area (Å²) in [5.41, 5.74) is 0.146. The molecule has 7 heteroatoms. The predicted molar refractivity (Wildman–Crippen MR) is 130 cm³/mol. The van der Waals surface area contributed by atoms with Crippen molar-refractivity contribution in [1.82, 2.24) is 5.32 Å². The molecule has 0 aliphatic rings. The Bertz CT molecular complexity index is 892. The molecule has 0 saturated carbocycles. The van der Waals surface area contributed by atoms with Gasteiger partial charge in [0.25, 0.3) is 0 Å². The van der Waals surface area contributed by atoms with E-state index in [2.05, 4.69) is 5.32 Å². The van der Waals surface area contributed by atoms with Crippen LogP contribution in [0.4, 0.5) is 4.79 Å². The molecule has 0 saturated heterocycles. The molecule has 0 unspecified atom stereocenters. The van der Waals surface area contributed by atoms with Crippen LogP contribution in [0.15, 0.2) is 60.7 Å². The fourth-order valence-corrected chi connectivity index (χ4v) is 3.45. The molecule has 0 aromatic heterocycles. The Morgan fingerprint density at radius 2 is 1.38 bits per heavy atom. The van der Waals surface area contributed by atoms with Crippen molar-refractivity contribution < 1.29 is 28.5 Å². The highest BCUT2D eigenvalue weighted by atomic mass is 16.6. The summed E-state index contributed by atoms with van der Waals surface area (Å²) in [6, 6.07) is 18.6. The number of rotatable bonds is 11. The van der Waals surface area contributed by atoms with Gasteiger partial charge in [-0.2, -0.15) is 0 Å². The zero-order valence-corrected chi connectivity index (χ0v) is 21.0. The molecule has 34 heavy (non-hydrogen) atoms. The maximum absolute atomic E-state index is 12.7. The third kappa shape index (κ3) is 8.80. The first-order valence-corrected chi connectivity index (χ1v) is 11.4. The topological polar surface area (TPSA) is 83.1 Å². The lowest BCUT2D eigenvalue weighted by Crippen LogP contribution is -2.58. The number of hydrogen-bond acceptors (Lipinski definition) is 6. The summed E-state index contributed by atoms with van der Waals surface area (Å²) in [5.74, 6) is -0.482. The van der Waals surface area contributed by atoms with Crippen molar-refractivity contribution >= 4 is 12.1 Å². The molecule has 0 fully saturated rings. The lowest BCUT2D eigenvalue weighted by atomic mass is 9.81. The van der Waals surface area contributed by atoms with Gasteiger partial charge in [0.2, 0.25) is 0 Å². The van der Waals surface area contributed by atoms with E-state index < -0.39 is 35.2 Å². The van der Waals surface area contributed by atoms with Crippen LogP contribution < -0.4 is 5.32 Å². The van der Waals surface area contributed by atoms with Gasteiger partial charge in [0.1, 0.15) is 11.7 Å². The molecule has 0 heterocycles. The van der Waals surface area contributed by atoms with Crippen LogP contribution in [0, 0.1) is 5.41 Å². The van der Waals surface area contributed by atoms with Crippen molar-refractivity contribution in [3.8, 4) is 0 Å². The summed E-state index contributed by atoms with van der Waals surface area (Å²) in [4.78, 5) is 25.4. The molecule has 0 radical (unpaired) electrons. The highest BCUT2D eigenvalue weighted by molar-refractivity contribution is 5.78. The predicted octanol–water partition coefficient (Wildman–Crippen LogP) is 4.88. The minimum atomic E-state index is -1.12. The van der Waals surface area contributed by atoms with Gasteiger partial charge in [-0.05, 0) is 45.7 Å². The largest absolute Gasteiger partial charge is 0.469 e. The number of nitrogens with one attached hydrogen (secondary N) is 1. The Kier molecular flexibility index (Phi) is 10.1. The molecule has 1 amide bonds. The lowest BCUT2D eigenvalue weighted by molar-refractivity contribution is -0.157. The fraction of sp³-hybridized carbons (Fsp3) is 0.481. The van der Waals surface area contributed by atoms with Gasteiger partial charge in [-0.1, -0.05) is 60.7 Å². The number of alkyl carbamates (subject to hydrolysis) is 1. The van der Waals surface area contributed by atoms with Crippen LogP contribution >= 0.6 is 0 Å². The van der Waals surface area contributed by atoms with Crippen LogP contribution in [-0.2, 0) is 37.0 Å². The summed E-state index contributed by atoms with van der Waals surface area (Å²) in [5, 5.41) is 2.85. The molecule has 2 aromatic carbocycles. The van der Waals surface area contributed by atoms with E-state index >= 15 is 0 Å². The average Bonchev–Trinajstić information content (AvgIpc) is 2.79. The molecule has 1 N–H and O–H groups in total. The van der Waals surface area contributed by atoms with Gasteiger partial charge >= 0.3 is 12.1 Å². The maximum atomic E-state index is 12.7. The number of methoxy groups -OCH3 is 1. The van der Waals surface area contributed by atoms with E-state index in [1.807, 2.05) is 60.7 Å². The van der Waals surface area contributed by atoms with Crippen molar-refractivity contribution in [3.63, 3.8) is 0 Å². The molecular formula is C27H37NO6. The monoisotopic (exact) mass is 471 g/mol. The van der Waals surface area contributed by atoms with Gasteiger partial charge in [0.05, 0.1) is 38.4 Å². The Labute approximate surface area is 202 Å². The summed E-state index contributed by atoms with van der Waals surface area (Å²) in [7, 11) is 1.32. The standard InChI is InChI=1S/C27H37NO6/c1-26(2,3)34-25(30)28-23(27(4,5)24(29)31-6)22(33-18-21-15-11-8-12-16-21)19-32-17-20-13-9-7-10-14-20/h7-16,22-23H,17-19H2,1-6H3,(H,28,30)/t22-,23+/m1/s1. The fourth-order valence-electron chi connectivity index (χ4n) is 3.45. The number of carbonyl (C=O) groups is 2. The smallest absolute Gasteiger partial charge is 0.407 e. The minimum absolute atomic E-state index is 0.141. The molecule has 0 bridgehead atoms. The summed E-state index contributed by atoms with van der Waals surface area (Å²) in [6.07, 6.45) is -1.31. The van der Waals surface area contributed by atoms with E-state index in [1.165, 1.54) is 7.11 Å². The molecule has 0 aliphatic heterocycles. The first-order valence-electron chi connectivity index (χ1n) is 11.4. The van der Waals surface area contributed by atoms with Gasteiger partial charge in [-0.3, -0.25) is 4.79 Å². The van der Waals surface area contributed by atoms with E-state index in [-0.39, 0.29) is 13.2 Å². The third-order valence-corrected chi connectivity index (χ3v) is 5.23. The average molecular weight is 472 g/mol. The highest BCUT2D eigenvalue weighted by Crippen LogP contribution is 2.28. The second kappa shape index (κ2) is 12.5. The van der Waals surface area contributed by atoms with Crippen molar-refractivity contribution in [2.75, 3.05) is 13.7 Å². The Hall–Kier alpha value is -2.90. The van der Waals surface area contributed by atoms with E-state index in [0.717, 1.165) is 11.1 Å².